The highest BCUT2D eigenvalue weighted by molar-refractivity contribution is 5.95. The van der Waals surface area contributed by atoms with Crippen LogP contribution >= 0.6 is 0 Å². The maximum Gasteiger partial charge on any atom is 0.243 e. The van der Waals surface area contributed by atoms with Crippen molar-refractivity contribution in [2.24, 2.45) is 11.3 Å². The number of carbonyl (C=O) groups excluding carboxylic acids is 3. The molecule has 0 aliphatic carbocycles. The number of benzene rings is 2. The van der Waals surface area contributed by atoms with Crippen LogP contribution in [0.5, 0.6) is 0 Å². The van der Waals surface area contributed by atoms with Crippen LogP contribution in [0, 0.1) is 24.1 Å². The Morgan fingerprint density at radius 3 is 2.32 bits per heavy atom. The van der Waals surface area contributed by atoms with Gasteiger partial charge in [-0.25, -0.2) is 4.39 Å². The Labute approximate surface area is 201 Å². The number of hydrogen-bond acceptors (Lipinski definition) is 3. The van der Waals surface area contributed by atoms with Crippen molar-refractivity contribution in [1.29, 1.82) is 0 Å². The molecule has 0 bridgehead atoms. The van der Waals surface area contributed by atoms with Gasteiger partial charge in [-0.15, -0.1) is 0 Å². The van der Waals surface area contributed by atoms with Gasteiger partial charge < -0.3 is 15.5 Å². The molecule has 3 amide bonds. The van der Waals surface area contributed by atoms with Crippen molar-refractivity contribution >= 4 is 23.4 Å². The minimum atomic E-state index is -0.432. The van der Waals surface area contributed by atoms with E-state index in [0.717, 1.165) is 17.5 Å². The SMILES string of the molecule is Cc1cccc(NC(=O)CNC(=O)CN(Cc2ccc(F)cc2)C(=O)CC(C)CC(C)(C)C)c1. The summed E-state index contributed by atoms with van der Waals surface area (Å²) >= 11 is 0. The third kappa shape index (κ3) is 10.1. The van der Waals surface area contributed by atoms with Crippen molar-refractivity contribution in [1.82, 2.24) is 10.2 Å². The molecular formula is C27H36FN3O3. The fourth-order valence-corrected chi connectivity index (χ4v) is 3.92. The first-order chi connectivity index (χ1) is 15.9. The third-order valence-electron chi connectivity index (χ3n) is 5.21. The second-order valence-corrected chi connectivity index (χ2v) is 10.1. The van der Waals surface area contributed by atoms with Crippen LogP contribution in [-0.2, 0) is 20.9 Å². The summed E-state index contributed by atoms with van der Waals surface area (Å²) in [6.07, 6.45) is 1.17. The van der Waals surface area contributed by atoms with E-state index < -0.39 is 5.91 Å². The number of halogens is 1. The van der Waals surface area contributed by atoms with Gasteiger partial charge in [0.25, 0.3) is 0 Å². The molecule has 2 N–H and O–H groups in total. The number of rotatable bonds is 10. The maximum absolute atomic E-state index is 13.3. The number of anilines is 1. The van der Waals surface area contributed by atoms with Gasteiger partial charge in [-0.05, 0) is 60.1 Å². The van der Waals surface area contributed by atoms with Crippen LogP contribution in [0.2, 0.25) is 0 Å². The molecule has 0 spiro atoms. The van der Waals surface area contributed by atoms with E-state index in [9.17, 15) is 18.8 Å². The van der Waals surface area contributed by atoms with Crippen LogP contribution in [0.15, 0.2) is 48.5 Å². The van der Waals surface area contributed by atoms with Crippen molar-refractivity contribution in [3.05, 3.63) is 65.5 Å². The van der Waals surface area contributed by atoms with Gasteiger partial charge in [0.05, 0.1) is 13.1 Å². The van der Waals surface area contributed by atoms with Crippen molar-refractivity contribution in [3.8, 4) is 0 Å². The summed E-state index contributed by atoms with van der Waals surface area (Å²) in [5.41, 5.74) is 2.48. The lowest BCUT2D eigenvalue weighted by Gasteiger charge is -2.27. The number of amides is 3. The van der Waals surface area contributed by atoms with Crippen LogP contribution in [0.1, 0.15) is 51.7 Å². The molecule has 0 aliphatic heterocycles. The Morgan fingerprint density at radius 2 is 1.71 bits per heavy atom. The van der Waals surface area contributed by atoms with E-state index in [4.69, 9.17) is 0 Å². The molecule has 184 valence electrons. The van der Waals surface area contributed by atoms with E-state index in [2.05, 4.69) is 31.4 Å². The zero-order valence-electron chi connectivity index (χ0n) is 20.8. The van der Waals surface area contributed by atoms with Crippen molar-refractivity contribution in [2.45, 2.75) is 54.0 Å². The van der Waals surface area contributed by atoms with Crippen LogP contribution in [0.25, 0.3) is 0 Å². The number of aryl methyl sites for hydroxylation is 1. The van der Waals surface area contributed by atoms with E-state index in [-0.39, 0.29) is 48.6 Å². The molecule has 0 aromatic heterocycles. The molecular weight excluding hydrogens is 433 g/mol. The fraction of sp³-hybridized carbons (Fsp3) is 0.444. The number of nitrogens with one attached hydrogen (secondary N) is 2. The van der Waals surface area contributed by atoms with E-state index in [0.29, 0.717) is 12.1 Å². The minimum absolute atomic E-state index is 0.0868. The standard InChI is InChI=1S/C27H36FN3O3/c1-19-7-6-8-23(13-19)30-24(32)16-29-25(33)18-31(17-21-9-11-22(28)12-10-21)26(34)14-20(2)15-27(3,4)5/h6-13,20H,14-18H2,1-5H3,(H,29,33)(H,30,32). The van der Waals surface area contributed by atoms with E-state index in [1.165, 1.54) is 17.0 Å². The predicted molar refractivity (Wildman–Crippen MR) is 132 cm³/mol. The molecule has 1 atom stereocenters. The second kappa shape index (κ2) is 12.3. The van der Waals surface area contributed by atoms with Crippen molar-refractivity contribution in [3.63, 3.8) is 0 Å². The Kier molecular flexibility index (Phi) is 9.78. The quantitative estimate of drug-likeness (QED) is 0.530. The van der Waals surface area contributed by atoms with Gasteiger partial charge in [0.1, 0.15) is 5.82 Å². The molecule has 0 saturated carbocycles. The first kappa shape index (κ1) is 27.0. The monoisotopic (exact) mass is 469 g/mol. The molecule has 7 heteroatoms. The summed E-state index contributed by atoms with van der Waals surface area (Å²) in [6, 6.07) is 13.2. The van der Waals surface area contributed by atoms with E-state index >= 15 is 0 Å². The molecule has 0 heterocycles. The second-order valence-electron chi connectivity index (χ2n) is 10.1. The van der Waals surface area contributed by atoms with Crippen LogP contribution in [0.4, 0.5) is 10.1 Å². The molecule has 2 rings (SSSR count). The number of nitrogens with zero attached hydrogens (tertiary/aromatic N) is 1. The number of carbonyl (C=O) groups is 3. The molecule has 6 nitrogen and oxygen atoms in total. The summed E-state index contributed by atoms with van der Waals surface area (Å²) in [6.45, 7) is 10.1. The van der Waals surface area contributed by atoms with Crippen LogP contribution in [0.3, 0.4) is 0 Å². The zero-order chi connectivity index (χ0) is 25.3. The normalized spacial score (nSPS) is 12.1. The van der Waals surface area contributed by atoms with Gasteiger partial charge in [-0.1, -0.05) is 52.0 Å². The summed E-state index contributed by atoms with van der Waals surface area (Å²) in [4.78, 5) is 39.3. The molecule has 0 saturated heterocycles. The first-order valence-electron chi connectivity index (χ1n) is 11.6. The molecule has 2 aromatic carbocycles. The zero-order valence-corrected chi connectivity index (χ0v) is 20.8. The summed E-state index contributed by atoms with van der Waals surface area (Å²) in [5, 5.41) is 5.32. The smallest absolute Gasteiger partial charge is 0.243 e. The molecule has 0 aliphatic rings. The number of hydrogen-bond donors (Lipinski definition) is 2. The highest BCUT2D eigenvalue weighted by Crippen LogP contribution is 2.26. The first-order valence-corrected chi connectivity index (χ1v) is 11.6. The molecule has 0 radical (unpaired) electrons. The van der Waals surface area contributed by atoms with Gasteiger partial charge in [0, 0.05) is 18.7 Å². The third-order valence-corrected chi connectivity index (χ3v) is 5.21. The van der Waals surface area contributed by atoms with Crippen LogP contribution < -0.4 is 10.6 Å². The van der Waals surface area contributed by atoms with Gasteiger partial charge in [-0.2, -0.15) is 0 Å². The molecule has 1 unspecified atom stereocenters. The lowest BCUT2D eigenvalue weighted by atomic mass is 9.84. The predicted octanol–water partition coefficient (Wildman–Crippen LogP) is 4.68. The largest absolute Gasteiger partial charge is 0.345 e. The topological polar surface area (TPSA) is 78.5 Å². The van der Waals surface area contributed by atoms with E-state index in [1.807, 2.05) is 32.0 Å². The van der Waals surface area contributed by atoms with Crippen molar-refractivity contribution in [2.75, 3.05) is 18.4 Å². The average Bonchev–Trinajstić information content (AvgIpc) is 2.72. The highest BCUT2D eigenvalue weighted by atomic mass is 19.1. The lowest BCUT2D eigenvalue weighted by Crippen LogP contribution is -2.43. The van der Waals surface area contributed by atoms with Gasteiger partial charge in [0.2, 0.25) is 17.7 Å². The Balaban J connectivity index is 1.98. The maximum atomic E-state index is 13.3. The Hall–Kier alpha value is -3.22. The summed E-state index contributed by atoms with van der Waals surface area (Å²) in [5.74, 6) is -1.16. The minimum Gasteiger partial charge on any atom is -0.345 e. The highest BCUT2D eigenvalue weighted by Gasteiger charge is 2.23. The van der Waals surface area contributed by atoms with Gasteiger partial charge >= 0.3 is 0 Å². The summed E-state index contributed by atoms with van der Waals surface area (Å²) in [7, 11) is 0. The average molecular weight is 470 g/mol. The molecule has 34 heavy (non-hydrogen) atoms. The Bertz CT molecular complexity index is 983. The lowest BCUT2D eigenvalue weighted by molar-refractivity contribution is -0.137. The van der Waals surface area contributed by atoms with Gasteiger partial charge in [0.15, 0.2) is 0 Å². The van der Waals surface area contributed by atoms with Crippen molar-refractivity contribution < 1.29 is 18.8 Å². The molecule has 0 fully saturated rings. The van der Waals surface area contributed by atoms with Crippen LogP contribution in [-0.4, -0.2) is 35.7 Å². The summed E-state index contributed by atoms with van der Waals surface area (Å²) < 4.78 is 13.3. The van der Waals surface area contributed by atoms with Gasteiger partial charge in [-0.3, -0.25) is 14.4 Å². The fourth-order valence-electron chi connectivity index (χ4n) is 3.92. The Morgan fingerprint density at radius 1 is 1.03 bits per heavy atom. The molecule has 2 aromatic rings. The van der Waals surface area contributed by atoms with E-state index in [1.54, 1.807) is 18.2 Å².